The Morgan fingerprint density at radius 1 is 1.20 bits per heavy atom. The van der Waals surface area contributed by atoms with E-state index in [0.717, 1.165) is 10.9 Å². The molecule has 0 unspecified atom stereocenters. The van der Waals surface area contributed by atoms with E-state index in [2.05, 4.69) is 22.1 Å². The Balaban J connectivity index is 2.89. The number of fused-ring (bicyclic) bond motifs is 1. The van der Waals surface area contributed by atoms with Crippen molar-refractivity contribution < 1.29 is 0 Å². The summed E-state index contributed by atoms with van der Waals surface area (Å²) in [7, 11) is 0. The van der Waals surface area contributed by atoms with E-state index in [9.17, 15) is 0 Å². The van der Waals surface area contributed by atoms with Crippen LogP contribution >= 0.6 is 0 Å². The summed E-state index contributed by atoms with van der Waals surface area (Å²) >= 11 is 0. The van der Waals surface area contributed by atoms with Crippen molar-refractivity contribution in [2.45, 2.75) is 0 Å². The van der Waals surface area contributed by atoms with Gasteiger partial charge in [0.05, 0.1) is 5.52 Å². The largest absolute Gasteiger partial charge is 0.244 e. The van der Waals surface area contributed by atoms with E-state index in [1.807, 2.05) is 0 Å². The molecule has 2 heteroatoms. The first-order chi connectivity index (χ1) is 4.97. The van der Waals surface area contributed by atoms with Gasteiger partial charge in [0.25, 0.3) is 0 Å². The minimum absolute atomic E-state index is 0.817. The number of hydrogen-bond donors (Lipinski definition) is 0. The van der Waals surface area contributed by atoms with Crippen LogP contribution in [-0.4, -0.2) is 9.97 Å². The van der Waals surface area contributed by atoms with Crippen LogP contribution in [0.15, 0.2) is 24.7 Å². The monoisotopic (exact) mass is 128 g/mol. The fourth-order valence-corrected chi connectivity index (χ4v) is 0.802. The standard InChI is InChI=1S/C8H4N2/c1-2-4-8-7(3-1)5-9-6-10-8/h1-2,5-6H. The maximum absolute atomic E-state index is 3.98. The summed E-state index contributed by atoms with van der Waals surface area (Å²) in [5.41, 5.74) is 0.817. The maximum atomic E-state index is 3.98. The fraction of sp³-hybridized carbons (Fsp3) is 0. The number of aromatic nitrogens is 2. The van der Waals surface area contributed by atoms with Crippen LogP contribution in [0.25, 0.3) is 10.9 Å². The van der Waals surface area contributed by atoms with Gasteiger partial charge in [-0.05, 0) is 6.07 Å². The number of benzene rings is 1. The van der Waals surface area contributed by atoms with E-state index in [4.69, 9.17) is 0 Å². The Labute approximate surface area is 58.6 Å². The average molecular weight is 128 g/mol. The lowest BCUT2D eigenvalue weighted by atomic mass is 10.2. The zero-order valence-corrected chi connectivity index (χ0v) is 5.20. The van der Waals surface area contributed by atoms with Gasteiger partial charge in [0.1, 0.15) is 6.33 Å². The lowest BCUT2D eigenvalue weighted by Crippen LogP contribution is -1.78. The van der Waals surface area contributed by atoms with Crippen LogP contribution in [0, 0.1) is 12.1 Å². The first kappa shape index (κ1) is 5.35. The molecule has 0 fully saturated rings. The molecule has 1 aromatic carbocycles. The van der Waals surface area contributed by atoms with Crippen molar-refractivity contribution in [3.05, 3.63) is 36.8 Å². The second-order valence-electron chi connectivity index (χ2n) is 1.91. The molecular weight excluding hydrogens is 124 g/mol. The molecule has 0 N–H and O–H groups in total. The fourth-order valence-electron chi connectivity index (χ4n) is 0.802. The second-order valence-corrected chi connectivity index (χ2v) is 1.91. The summed E-state index contributed by atoms with van der Waals surface area (Å²) in [6, 6.07) is 9.55. The smallest absolute Gasteiger partial charge is 0.116 e. The lowest BCUT2D eigenvalue weighted by molar-refractivity contribution is 1.22. The van der Waals surface area contributed by atoms with E-state index in [1.54, 1.807) is 18.3 Å². The zero-order chi connectivity index (χ0) is 6.81. The van der Waals surface area contributed by atoms with Crippen LogP contribution < -0.4 is 0 Å². The molecule has 0 spiro atoms. The average Bonchev–Trinajstić information content (AvgIpc) is 2.05. The Morgan fingerprint density at radius 3 is 3.00 bits per heavy atom. The third-order valence-electron chi connectivity index (χ3n) is 1.25. The van der Waals surface area contributed by atoms with Crippen LogP contribution in [0.1, 0.15) is 0 Å². The molecular formula is C8H4N2. The summed E-state index contributed by atoms with van der Waals surface area (Å²) in [4.78, 5) is 7.83. The summed E-state index contributed by atoms with van der Waals surface area (Å²) in [6.07, 6.45) is 3.23. The van der Waals surface area contributed by atoms with E-state index >= 15 is 0 Å². The van der Waals surface area contributed by atoms with Gasteiger partial charge in [-0.25, -0.2) is 9.97 Å². The highest BCUT2D eigenvalue weighted by Gasteiger charge is 1.88. The van der Waals surface area contributed by atoms with Crippen LogP contribution in [0.3, 0.4) is 0 Å². The molecule has 0 saturated carbocycles. The predicted octanol–water partition coefficient (Wildman–Crippen LogP) is 1.23. The third kappa shape index (κ3) is 0.739. The van der Waals surface area contributed by atoms with Crippen molar-refractivity contribution in [1.29, 1.82) is 0 Å². The summed E-state index contributed by atoms with van der Waals surface area (Å²) in [5.74, 6) is 0. The molecule has 0 aliphatic carbocycles. The maximum Gasteiger partial charge on any atom is 0.116 e. The lowest BCUT2D eigenvalue weighted by Gasteiger charge is -1.89. The number of nitrogens with zero attached hydrogens (tertiary/aromatic N) is 2. The SMILES string of the molecule is [c]1cc[c]c2ncncc12. The summed E-state index contributed by atoms with van der Waals surface area (Å²) in [5, 5.41) is 0.907. The molecule has 0 bridgehead atoms. The normalized spacial score (nSPS) is 10.0. The Hall–Kier alpha value is -1.44. The Morgan fingerprint density at radius 2 is 2.10 bits per heavy atom. The molecule has 0 aliphatic heterocycles. The van der Waals surface area contributed by atoms with Gasteiger partial charge in [-0.15, -0.1) is 0 Å². The minimum Gasteiger partial charge on any atom is -0.244 e. The molecule has 0 amide bonds. The van der Waals surface area contributed by atoms with E-state index in [-0.39, 0.29) is 0 Å². The van der Waals surface area contributed by atoms with Gasteiger partial charge in [0.15, 0.2) is 0 Å². The van der Waals surface area contributed by atoms with Gasteiger partial charge >= 0.3 is 0 Å². The minimum atomic E-state index is 0.817. The van der Waals surface area contributed by atoms with Gasteiger partial charge in [0, 0.05) is 17.6 Å². The van der Waals surface area contributed by atoms with Crippen molar-refractivity contribution >= 4 is 10.9 Å². The van der Waals surface area contributed by atoms with Gasteiger partial charge in [0.2, 0.25) is 0 Å². The molecule has 1 heterocycles. The molecule has 0 aliphatic rings. The number of rotatable bonds is 0. The first-order valence-corrected chi connectivity index (χ1v) is 2.95. The topological polar surface area (TPSA) is 25.8 Å². The Kier molecular flexibility index (Phi) is 1.10. The van der Waals surface area contributed by atoms with Gasteiger partial charge < -0.3 is 0 Å². The highest BCUT2D eigenvalue weighted by Crippen LogP contribution is 2.04. The molecule has 2 aromatic rings. The zero-order valence-electron chi connectivity index (χ0n) is 5.20. The molecule has 2 rings (SSSR count). The van der Waals surface area contributed by atoms with Crippen molar-refractivity contribution in [3.63, 3.8) is 0 Å². The highest BCUT2D eigenvalue weighted by atomic mass is 14.8. The van der Waals surface area contributed by atoms with Crippen molar-refractivity contribution in [2.24, 2.45) is 0 Å². The second kappa shape index (κ2) is 2.06. The van der Waals surface area contributed by atoms with Crippen LogP contribution in [0.4, 0.5) is 0 Å². The van der Waals surface area contributed by atoms with Gasteiger partial charge in [-0.2, -0.15) is 0 Å². The van der Waals surface area contributed by atoms with Crippen molar-refractivity contribution in [2.75, 3.05) is 0 Å². The van der Waals surface area contributed by atoms with Crippen molar-refractivity contribution in [3.8, 4) is 0 Å². The van der Waals surface area contributed by atoms with Gasteiger partial charge in [-0.3, -0.25) is 0 Å². The van der Waals surface area contributed by atoms with Crippen LogP contribution in [0.2, 0.25) is 0 Å². The first-order valence-electron chi connectivity index (χ1n) is 2.95. The summed E-state index contributed by atoms with van der Waals surface area (Å²) < 4.78 is 0. The molecule has 46 valence electrons. The molecule has 0 saturated heterocycles. The van der Waals surface area contributed by atoms with E-state index < -0.39 is 0 Å². The van der Waals surface area contributed by atoms with E-state index in [1.165, 1.54) is 6.33 Å². The van der Waals surface area contributed by atoms with Crippen LogP contribution in [-0.2, 0) is 0 Å². The Bertz CT molecular complexity index is 278. The summed E-state index contributed by atoms with van der Waals surface area (Å²) in [6.45, 7) is 0. The van der Waals surface area contributed by atoms with E-state index in [0.29, 0.717) is 0 Å². The third-order valence-corrected chi connectivity index (χ3v) is 1.25. The molecule has 2 nitrogen and oxygen atoms in total. The molecule has 10 heavy (non-hydrogen) atoms. The quantitative estimate of drug-likeness (QED) is 0.533. The van der Waals surface area contributed by atoms with Crippen LogP contribution in [0.5, 0.6) is 0 Å². The highest BCUT2D eigenvalue weighted by molar-refractivity contribution is 5.75. The van der Waals surface area contributed by atoms with Crippen molar-refractivity contribution in [1.82, 2.24) is 9.97 Å². The predicted molar refractivity (Wildman–Crippen MR) is 37.2 cm³/mol. The molecule has 1 aromatic heterocycles. The molecule has 2 radical (unpaired) electrons. The molecule has 0 atom stereocenters. The number of hydrogen-bond acceptors (Lipinski definition) is 2. The van der Waals surface area contributed by atoms with Gasteiger partial charge in [-0.1, -0.05) is 12.1 Å².